The SMILES string of the molecule is O=C(O)/C(Cl)=C(Cl)/C=N/NC(=O)c1ccccc1. The Hall–Kier alpha value is -1.85. The minimum Gasteiger partial charge on any atom is -0.477 e. The van der Waals surface area contributed by atoms with E-state index < -0.39 is 16.9 Å². The summed E-state index contributed by atoms with van der Waals surface area (Å²) in [6.07, 6.45) is 0.943. The number of carbonyl (C=O) groups excluding carboxylic acids is 1. The number of carbonyl (C=O) groups is 2. The number of hydrogen-bond acceptors (Lipinski definition) is 3. The molecule has 0 aliphatic carbocycles. The van der Waals surface area contributed by atoms with Crippen LogP contribution in [-0.2, 0) is 4.79 Å². The summed E-state index contributed by atoms with van der Waals surface area (Å²) in [5, 5.41) is 11.1. The van der Waals surface area contributed by atoms with Gasteiger partial charge in [-0.05, 0) is 12.1 Å². The number of carboxylic acids is 1. The number of nitrogens with one attached hydrogen (secondary N) is 1. The van der Waals surface area contributed by atoms with Gasteiger partial charge in [0.1, 0.15) is 5.03 Å². The molecule has 94 valence electrons. The van der Waals surface area contributed by atoms with Crippen molar-refractivity contribution in [2.75, 3.05) is 0 Å². The van der Waals surface area contributed by atoms with E-state index in [1.807, 2.05) is 0 Å². The van der Waals surface area contributed by atoms with Gasteiger partial charge in [0.2, 0.25) is 0 Å². The van der Waals surface area contributed by atoms with E-state index in [2.05, 4.69) is 10.5 Å². The molecule has 0 bridgehead atoms. The molecule has 0 atom stereocenters. The standard InChI is InChI=1S/C11H8Cl2N2O3/c12-8(9(13)11(17)18)6-14-15-10(16)7-4-2-1-3-5-7/h1-6H,(H,15,16)(H,17,18)/b9-8+,14-6+. The highest BCUT2D eigenvalue weighted by molar-refractivity contribution is 6.51. The maximum Gasteiger partial charge on any atom is 0.348 e. The number of amides is 1. The molecule has 7 heteroatoms. The molecule has 0 radical (unpaired) electrons. The van der Waals surface area contributed by atoms with Crippen molar-refractivity contribution in [3.05, 3.63) is 46.0 Å². The normalized spacial score (nSPS) is 12.1. The van der Waals surface area contributed by atoms with Gasteiger partial charge in [0.25, 0.3) is 5.91 Å². The first-order valence-corrected chi connectivity index (χ1v) is 5.45. The van der Waals surface area contributed by atoms with Crippen molar-refractivity contribution in [3.8, 4) is 0 Å². The van der Waals surface area contributed by atoms with Gasteiger partial charge in [0.15, 0.2) is 0 Å². The van der Waals surface area contributed by atoms with Gasteiger partial charge in [-0.2, -0.15) is 5.10 Å². The van der Waals surface area contributed by atoms with E-state index in [1.165, 1.54) is 0 Å². The summed E-state index contributed by atoms with van der Waals surface area (Å²) in [5.74, 6) is -1.81. The lowest BCUT2D eigenvalue weighted by Crippen LogP contribution is -2.17. The summed E-state index contributed by atoms with van der Waals surface area (Å²) in [6.45, 7) is 0. The lowest BCUT2D eigenvalue weighted by atomic mass is 10.2. The monoisotopic (exact) mass is 286 g/mol. The number of benzene rings is 1. The lowest BCUT2D eigenvalue weighted by molar-refractivity contribution is -0.131. The van der Waals surface area contributed by atoms with Gasteiger partial charge in [0.05, 0.1) is 11.2 Å². The van der Waals surface area contributed by atoms with Crippen molar-refractivity contribution in [1.29, 1.82) is 0 Å². The molecule has 0 saturated heterocycles. The average molecular weight is 287 g/mol. The van der Waals surface area contributed by atoms with Crippen LogP contribution < -0.4 is 5.43 Å². The van der Waals surface area contributed by atoms with Crippen molar-refractivity contribution in [2.45, 2.75) is 0 Å². The van der Waals surface area contributed by atoms with Crippen LogP contribution in [0.1, 0.15) is 10.4 Å². The predicted octanol–water partition coefficient (Wildman–Crippen LogP) is 2.18. The Morgan fingerprint density at radius 1 is 1.22 bits per heavy atom. The van der Waals surface area contributed by atoms with E-state index in [0.29, 0.717) is 5.56 Å². The molecular formula is C11H8Cl2N2O3. The highest BCUT2D eigenvalue weighted by Crippen LogP contribution is 2.11. The van der Waals surface area contributed by atoms with Crippen molar-refractivity contribution < 1.29 is 14.7 Å². The topological polar surface area (TPSA) is 78.8 Å². The molecule has 0 heterocycles. The number of allylic oxidation sites excluding steroid dienone is 1. The van der Waals surface area contributed by atoms with Gasteiger partial charge in [-0.3, -0.25) is 4.79 Å². The number of hydrogen-bond donors (Lipinski definition) is 2. The summed E-state index contributed by atoms with van der Waals surface area (Å²) in [7, 11) is 0. The lowest BCUT2D eigenvalue weighted by Gasteiger charge is -1.98. The fourth-order valence-electron chi connectivity index (χ4n) is 0.960. The third-order valence-electron chi connectivity index (χ3n) is 1.78. The third-order valence-corrected chi connectivity index (χ3v) is 2.53. The van der Waals surface area contributed by atoms with Crippen LogP contribution in [0.15, 0.2) is 45.5 Å². The fourth-order valence-corrected chi connectivity index (χ4v) is 1.14. The van der Waals surface area contributed by atoms with Crippen LogP contribution in [0.2, 0.25) is 0 Å². The van der Waals surface area contributed by atoms with Crippen LogP contribution in [-0.4, -0.2) is 23.2 Å². The third kappa shape index (κ3) is 4.20. The van der Waals surface area contributed by atoms with E-state index in [4.69, 9.17) is 28.3 Å². The molecule has 18 heavy (non-hydrogen) atoms. The average Bonchev–Trinajstić information content (AvgIpc) is 2.38. The van der Waals surface area contributed by atoms with Crippen LogP contribution in [0.5, 0.6) is 0 Å². The number of rotatable bonds is 4. The highest BCUT2D eigenvalue weighted by atomic mass is 35.5. The quantitative estimate of drug-likeness (QED) is 0.506. The molecule has 0 saturated carbocycles. The first kappa shape index (κ1) is 14.2. The zero-order valence-electron chi connectivity index (χ0n) is 8.93. The van der Waals surface area contributed by atoms with Crippen LogP contribution in [0.4, 0.5) is 0 Å². The molecule has 1 aromatic carbocycles. The number of aliphatic carboxylic acids is 1. The van der Waals surface area contributed by atoms with Crippen LogP contribution >= 0.6 is 23.2 Å². The first-order valence-electron chi connectivity index (χ1n) is 4.69. The van der Waals surface area contributed by atoms with Crippen LogP contribution in [0.25, 0.3) is 0 Å². The molecule has 0 unspecified atom stereocenters. The molecule has 0 fully saturated rings. The van der Waals surface area contributed by atoms with E-state index in [0.717, 1.165) is 6.21 Å². The van der Waals surface area contributed by atoms with Gasteiger partial charge < -0.3 is 5.11 Å². The Morgan fingerprint density at radius 2 is 1.83 bits per heavy atom. The molecule has 1 rings (SSSR count). The van der Waals surface area contributed by atoms with Gasteiger partial charge >= 0.3 is 5.97 Å². The fraction of sp³-hybridized carbons (Fsp3) is 0. The molecule has 5 nitrogen and oxygen atoms in total. The summed E-state index contributed by atoms with van der Waals surface area (Å²) in [5.41, 5.74) is 2.60. The van der Waals surface area contributed by atoms with Crippen molar-refractivity contribution in [1.82, 2.24) is 5.43 Å². The Labute approximate surface area is 113 Å². The maximum atomic E-state index is 11.5. The van der Waals surface area contributed by atoms with Crippen LogP contribution in [0, 0.1) is 0 Å². The Kier molecular flexibility index (Phi) is 5.35. The Bertz CT molecular complexity index is 512. The molecular weight excluding hydrogens is 279 g/mol. The summed E-state index contributed by atoms with van der Waals surface area (Å²) < 4.78 is 0. The van der Waals surface area contributed by atoms with Gasteiger partial charge in [-0.1, -0.05) is 41.4 Å². The number of carboxylic acid groups (broad SMARTS) is 1. The molecule has 0 aromatic heterocycles. The van der Waals surface area contributed by atoms with Crippen molar-refractivity contribution >= 4 is 41.3 Å². The molecule has 1 aromatic rings. The number of nitrogens with zero attached hydrogens (tertiary/aromatic N) is 1. The Morgan fingerprint density at radius 3 is 2.39 bits per heavy atom. The molecule has 1 amide bonds. The zero-order valence-corrected chi connectivity index (χ0v) is 10.4. The highest BCUT2D eigenvalue weighted by Gasteiger charge is 2.08. The van der Waals surface area contributed by atoms with E-state index in [9.17, 15) is 9.59 Å². The summed E-state index contributed by atoms with van der Waals surface area (Å²) in [6, 6.07) is 8.38. The zero-order chi connectivity index (χ0) is 13.5. The maximum absolute atomic E-state index is 11.5. The first-order chi connectivity index (χ1) is 8.52. The summed E-state index contributed by atoms with van der Waals surface area (Å²) >= 11 is 10.9. The Balaban J connectivity index is 2.64. The predicted molar refractivity (Wildman–Crippen MR) is 68.8 cm³/mol. The minimum atomic E-state index is -1.37. The number of halogens is 2. The number of hydrazone groups is 1. The van der Waals surface area contributed by atoms with Gasteiger partial charge in [-0.15, -0.1) is 0 Å². The largest absolute Gasteiger partial charge is 0.477 e. The smallest absolute Gasteiger partial charge is 0.348 e. The second-order valence-electron chi connectivity index (χ2n) is 3.03. The summed E-state index contributed by atoms with van der Waals surface area (Å²) in [4.78, 5) is 21.9. The molecule has 0 aliphatic rings. The van der Waals surface area contributed by atoms with Crippen molar-refractivity contribution in [3.63, 3.8) is 0 Å². The van der Waals surface area contributed by atoms with Gasteiger partial charge in [-0.25, -0.2) is 10.2 Å². The van der Waals surface area contributed by atoms with E-state index >= 15 is 0 Å². The minimum absolute atomic E-state index is 0.280. The van der Waals surface area contributed by atoms with Crippen molar-refractivity contribution in [2.24, 2.45) is 5.10 Å². The second kappa shape index (κ2) is 6.78. The van der Waals surface area contributed by atoms with E-state index in [1.54, 1.807) is 30.3 Å². The van der Waals surface area contributed by atoms with Crippen LogP contribution in [0.3, 0.4) is 0 Å². The molecule has 0 aliphatic heterocycles. The second-order valence-corrected chi connectivity index (χ2v) is 3.82. The van der Waals surface area contributed by atoms with Gasteiger partial charge in [0, 0.05) is 5.56 Å². The molecule has 0 spiro atoms. The van der Waals surface area contributed by atoms with E-state index in [-0.39, 0.29) is 5.03 Å². The molecule has 2 N–H and O–H groups in total.